The van der Waals surface area contributed by atoms with Gasteiger partial charge in [-0.3, -0.25) is 13.9 Å². The summed E-state index contributed by atoms with van der Waals surface area (Å²) in [6.07, 6.45) is 0.727. The quantitative estimate of drug-likeness (QED) is 0.645. The Kier molecular flexibility index (Phi) is 6.73. The standard InChI is InChI=1S/C16H26N4O3S/c1-4-19-14(21)13-11(2)12(10-18-7-6-17)24-15(13)20(16(19)22)8-5-9-23-3/h18H,4-10,17H2,1-3H3. The topological polar surface area (TPSA) is 91.3 Å². The Labute approximate surface area is 145 Å². The van der Waals surface area contributed by atoms with Gasteiger partial charge in [0.15, 0.2) is 0 Å². The van der Waals surface area contributed by atoms with Crippen molar-refractivity contribution in [3.8, 4) is 0 Å². The number of hydrogen-bond acceptors (Lipinski definition) is 6. The highest BCUT2D eigenvalue weighted by molar-refractivity contribution is 7.18. The van der Waals surface area contributed by atoms with Crippen LogP contribution in [0.1, 0.15) is 23.8 Å². The second kappa shape index (κ2) is 8.57. The summed E-state index contributed by atoms with van der Waals surface area (Å²) in [6.45, 7) is 7.19. The van der Waals surface area contributed by atoms with Crippen molar-refractivity contribution in [2.75, 3.05) is 26.8 Å². The van der Waals surface area contributed by atoms with Crippen molar-refractivity contribution in [2.45, 2.75) is 39.9 Å². The summed E-state index contributed by atoms with van der Waals surface area (Å²) in [7, 11) is 1.64. The summed E-state index contributed by atoms with van der Waals surface area (Å²) in [5.74, 6) is 0. The molecule has 0 aromatic carbocycles. The van der Waals surface area contributed by atoms with E-state index in [1.54, 1.807) is 11.7 Å². The third-order valence-corrected chi connectivity index (χ3v) is 5.36. The number of aryl methyl sites for hydroxylation is 2. The highest BCUT2D eigenvalue weighted by Crippen LogP contribution is 2.27. The van der Waals surface area contributed by atoms with Gasteiger partial charge in [-0.25, -0.2) is 4.79 Å². The lowest BCUT2D eigenvalue weighted by Crippen LogP contribution is -2.39. The molecule has 3 N–H and O–H groups in total. The zero-order valence-corrected chi connectivity index (χ0v) is 15.4. The predicted octanol–water partition coefficient (Wildman–Crippen LogP) is 0.638. The fourth-order valence-electron chi connectivity index (χ4n) is 2.76. The van der Waals surface area contributed by atoms with E-state index in [9.17, 15) is 9.59 Å². The Bertz CT molecular complexity index is 806. The molecule has 134 valence electrons. The second-order valence-corrected chi connectivity index (χ2v) is 6.71. The van der Waals surface area contributed by atoms with Gasteiger partial charge in [-0.05, 0) is 25.8 Å². The molecule has 0 fully saturated rings. The third kappa shape index (κ3) is 3.61. The lowest BCUT2D eigenvalue weighted by molar-refractivity contribution is 0.190. The van der Waals surface area contributed by atoms with Gasteiger partial charge >= 0.3 is 5.69 Å². The number of aromatic nitrogens is 2. The smallest absolute Gasteiger partial charge is 0.332 e. The molecule has 0 aliphatic carbocycles. The first-order valence-corrected chi connectivity index (χ1v) is 9.03. The molecule has 0 amide bonds. The normalized spacial score (nSPS) is 11.5. The first-order valence-electron chi connectivity index (χ1n) is 8.22. The minimum absolute atomic E-state index is 0.195. The largest absolute Gasteiger partial charge is 0.385 e. The van der Waals surface area contributed by atoms with E-state index in [1.807, 2.05) is 13.8 Å². The average molecular weight is 354 g/mol. The Morgan fingerprint density at radius 3 is 2.67 bits per heavy atom. The summed E-state index contributed by atoms with van der Waals surface area (Å²) in [5, 5.41) is 3.91. The number of fused-ring (bicyclic) bond motifs is 1. The molecule has 0 aliphatic heterocycles. The summed E-state index contributed by atoms with van der Waals surface area (Å²) in [5.41, 5.74) is 6.02. The van der Waals surface area contributed by atoms with Crippen LogP contribution in [0.5, 0.6) is 0 Å². The van der Waals surface area contributed by atoms with E-state index in [4.69, 9.17) is 10.5 Å². The van der Waals surface area contributed by atoms with Crippen LogP contribution in [0.25, 0.3) is 10.2 Å². The molecule has 0 bridgehead atoms. The van der Waals surface area contributed by atoms with Crippen LogP contribution in [0, 0.1) is 6.92 Å². The van der Waals surface area contributed by atoms with E-state index in [-0.39, 0.29) is 11.2 Å². The zero-order valence-electron chi connectivity index (χ0n) is 14.6. The maximum Gasteiger partial charge on any atom is 0.332 e. The van der Waals surface area contributed by atoms with Gasteiger partial charge in [-0.2, -0.15) is 0 Å². The van der Waals surface area contributed by atoms with E-state index >= 15 is 0 Å². The van der Waals surface area contributed by atoms with Crippen molar-refractivity contribution in [3.05, 3.63) is 31.3 Å². The number of thiophene rings is 1. The van der Waals surface area contributed by atoms with Crippen LogP contribution in [-0.2, 0) is 24.4 Å². The number of methoxy groups -OCH3 is 1. The molecule has 0 radical (unpaired) electrons. The number of nitrogens with zero attached hydrogens (tertiary/aromatic N) is 2. The molecular formula is C16H26N4O3S. The molecule has 2 aromatic heterocycles. The van der Waals surface area contributed by atoms with Crippen molar-refractivity contribution in [1.82, 2.24) is 14.5 Å². The molecule has 2 heterocycles. The number of ether oxygens (including phenoxy) is 1. The lowest BCUT2D eigenvalue weighted by Gasteiger charge is -2.10. The van der Waals surface area contributed by atoms with E-state index in [0.717, 1.165) is 21.7 Å². The first kappa shape index (κ1) is 18.9. The Morgan fingerprint density at radius 2 is 2.04 bits per heavy atom. The number of rotatable bonds is 9. The fraction of sp³-hybridized carbons (Fsp3) is 0.625. The van der Waals surface area contributed by atoms with Gasteiger partial charge in [0.2, 0.25) is 0 Å². The monoisotopic (exact) mass is 354 g/mol. The van der Waals surface area contributed by atoms with Gasteiger partial charge in [0.1, 0.15) is 4.83 Å². The summed E-state index contributed by atoms with van der Waals surface area (Å²) >= 11 is 1.51. The molecule has 0 atom stereocenters. The number of nitrogens with one attached hydrogen (secondary N) is 1. The minimum atomic E-state index is -0.242. The van der Waals surface area contributed by atoms with E-state index < -0.39 is 0 Å². The molecule has 2 aromatic rings. The molecule has 0 saturated carbocycles. The highest BCUT2D eigenvalue weighted by Gasteiger charge is 2.19. The van der Waals surface area contributed by atoms with E-state index in [2.05, 4.69) is 5.32 Å². The van der Waals surface area contributed by atoms with Crippen molar-refractivity contribution in [1.29, 1.82) is 0 Å². The maximum absolute atomic E-state index is 12.7. The highest BCUT2D eigenvalue weighted by atomic mass is 32.1. The molecule has 8 heteroatoms. The summed E-state index contributed by atoms with van der Waals surface area (Å²) in [4.78, 5) is 27.2. The van der Waals surface area contributed by atoms with Crippen LogP contribution in [0.4, 0.5) is 0 Å². The van der Waals surface area contributed by atoms with Gasteiger partial charge in [0, 0.05) is 51.3 Å². The van der Waals surface area contributed by atoms with Crippen molar-refractivity contribution < 1.29 is 4.74 Å². The predicted molar refractivity (Wildman–Crippen MR) is 98.0 cm³/mol. The Balaban J connectivity index is 2.58. The molecule has 7 nitrogen and oxygen atoms in total. The fourth-order valence-corrected chi connectivity index (χ4v) is 4.04. The van der Waals surface area contributed by atoms with Crippen molar-refractivity contribution >= 4 is 21.6 Å². The van der Waals surface area contributed by atoms with Gasteiger partial charge in [-0.1, -0.05) is 0 Å². The maximum atomic E-state index is 12.7. The van der Waals surface area contributed by atoms with Gasteiger partial charge in [0.25, 0.3) is 5.56 Å². The van der Waals surface area contributed by atoms with Crippen molar-refractivity contribution in [3.63, 3.8) is 0 Å². The van der Waals surface area contributed by atoms with Crippen LogP contribution in [-0.4, -0.2) is 35.9 Å². The zero-order chi connectivity index (χ0) is 17.7. The molecule has 0 unspecified atom stereocenters. The Morgan fingerprint density at radius 1 is 1.29 bits per heavy atom. The third-order valence-electron chi connectivity index (χ3n) is 4.05. The Hall–Kier alpha value is -1.48. The van der Waals surface area contributed by atoms with Gasteiger partial charge in [-0.15, -0.1) is 11.3 Å². The molecular weight excluding hydrogens is 328 g/mol. The minimum Gasteiger partial charge on any atom is -0.385 e. The van der Waals surface area contributed by atoms with Gasteiger partial charge in [0.05, 0.1) is 5.39 Å². The molecule has 0 saturated heterocycles. The van der Waals surface area contributed by atoms with Gasteiger partial charge < -0.3 is 15.8 Å². The van der Waals surface area contributed by atoms with Crippen LogP contribution in [0.3, 0.4) is 0 Å². The average Bonchev–Trinajstić information content (AvgIpc) is 2.88. The van der Waals surface area contributed by atoms with Crippen LogP contribution >= 0.6 is 11.3 Å². The second-order valence-electron chi connectivity index (χ2n) is 5.63. The summed E-state index contributed by atoms with van der Waals surface area (Å²) in [6, 6.07) is 0. The van der Waals surface area contributed by atoms with E-state index in [0.29, 0.717) is 44.7 Å². The molecule has 0 spiro atoms. The van der Waals surface area contributed by atoms with Crippen LogP contribution in [0.15, 0.2) is 9.59 Å². The number of hydrogen-bond donors (Lipinski definition) is 2. The molecule has 0 aliphatic rings. The van der Waals surface area contributed by atoms with Crippen LogP contribution < -0.4 is 22.3 Å². The lowest BCUT2D eigenvalue weighted by atomic mass is 10.2. The van der Waals surface area contributed by atoms with E-state index in [1.165, 1.54) is 15.9 Å². The SMILES string of the molecule is CCn1c(=O)c2c(C)c(CNCCN)sc2n(CCCOC)c1=O. The summed E-state index contributed by atoms with van der Waals surface area (Å²) < 4.78 is 8.11. The first-order chi connectivity index (χ1) is 11.6. The van der Waals surface area contributed by atoms with Crippen LogP contribution in [0.2, 0.25) is 0 Å². The molecule has 24 heavy (non-hydrogen) atoms. The number of nitrogens with two attached hydrogens (primary N) is 1. The molecule has 2 rings (SSSR count). The van der Waals surface area contributed by atoms with Crippen molar-refractivity contribution in [2.24, 2.45) is 5.73 Å².